The summed E-state index contributed by atoms with van der Waals surface area (Å²) in [7, 11) is -2.00. The van der Waals surface area contributed by atoms with Crippen LogP contribution in [0, 0.1) is 0 Å². The van der Waals surface area contributed by atoms with Crippen molar-refractivity contribution in [3.8, 4) is 5.75 Å². The van der Waals surface area contributed by atoms with E-state index < -0.39 is 16.1 Å². The minimum Gasteiger partial charge on any atom is -0.497 e. The molecule has 0 aliphatic rings. The molecule has 0 saturated heterocycles. The monoisotopic (exact) mass is 434 g/mol. The molecule has 0 unspecified atom stereocenters. The van der Waals surface area contributed by atoms with Crippen LogP contribution in [0.1, 0.15) is 30.5 Å². The van der Waals surface area contributed by atoms with Crippen molar-refractivity contribution in [3.63, 3.8) is 0 Å². The van der Waals surface area contributed by atoms with E-state index in [1.165, 1.54) is 7.11 Å². The summed E-state index contributed by atoms with van der Waals surface area (Å²) in [4.78, 5) is 24.0. The highest BCUT2D eigenvalue weighted by Gasteiger charge is 2.20. The maximum Gasteiger partial charge on any atom is 0.310 e. The normalized spacial score (nSPS) is 12.1. The van der Waals surface area contributed by atoms with Crippen molar-refractivity contribution in [2.45, 2.75) is 25.8 Å². The molecule has 1 amide bonds. The van der Waals surface area contributed by atoms with Gasteiger partial charge in [-0.15, -0.1) is 0 Å². The number of nitrogens with one attached hydrogen (secondary N) is 2. The fourth-order valence-corrected chi connectivity index (χ4v) is 3.54. The summed E-state index contributed by atoms with van der Waals surface area (Å²) in [5.41, 5.74) is 1.95. The van der Waals surface area contributed by atoms with Crippen LogP contribution in [0.15, 0.2) is 48.5 Å². The first-order valence-corrected chi connectivity index (χ1v) is 11.2. The second-order valence-corrected chi connectivity index (χ2v) is 8.43. The number of hydrogen-bond donors (Lipinski definition) is 2. The third kappa shape index (κ3) is 7.84. The van der Waals surface area contributed by atoms with E-state index in [2.05, 4.69) is 10.0 Å². The van der Waals surface area contributed by atoms with Crippen LogP contribution in [0.4, 0.5) is 5.69 Å². The Morgan fingerprint density at radius 3 is 2.20 bits per heavy atom. The van der Waals surface area contributed by atoms with Crippen molar-refractivity contribution in [2.24, 2.45) is 0 Å². The second-order valence-electron chi connectivity index (χ2n) is 6.65. The molecular formula is C21H26N2O6S. The van der Waals surface area contributed by atoms with Gasteiger partial charge in [-0.05, 0) is 42.3 Å². The van der Waals surface area contributed by atoms with E-state index in [-0.39, 0.29) is 24.7 Å². The molecule has 0 aliphatic heterocycles. The van der Waals surface area contributed by atoms with Gasteiger partial charge in [0, 0.05) is 12.1 Å². The van der Waals surface area contributed by atoms with Crippen molar-refractivity contribution < 1.29 is 27.5 Å². The standard InChI is InChI=1S/C21H26N2O6S/c1-4-29-21(25)13-15-5-9-17(10-6-15)22-20(24)14-19(23-30(3,26)27)16-7-11-18(28-2)12-8-16/h5-12,19,23H,4,13-14H2,1-3H3,(H,22,24)/t19-/m0/s1. The molecule has 8 nitrogen and oxygen atoms in total. The molecule has 2 rings (SSSR count). The van der Waals surface area contributed by atoms with Gasteiger partial charge in [-0.2, -0.15) is 0 Å². The van der Waals surface area contributed by atoms with Crippen LogP contribution in [0.3, 0.4) is 0 Å². The number of benzene rings is 2. The summed E-state index contributed by atoms with van der Waals surface area (Å²) in [6, 6.07) is 12.9. The predicted molar refractivity (Wildman–Crippen MR) is 114 cm³/mol. The van der Waals surface area contributed by atoms with E-state index in [0.29, 0.717) is 23.6 Å². The molecular weight excluding hydrogens is 408 g/mol. The molecule has 162 valence electrons. The van der Waals surface area contributed by atoms with Gasteiger partial charge in [0.1, 0.15) is 5.75 Å². The zero-order chi connectivity index (χ0) is 22.1. The van der Waals surface area contributed by atoms with E-state index in [9.17, 15) is 18.0 Å². The zero-order valence-corrected chi connectivity index (χ0v) is 18.0. The van der Waals surface area contributed by atoms with Gasteiger partial charge in [-0.3, -0.25) is 9.59 Å². The molecule has 0 heterocycles. The van der Waals surface area contributed by atoms with Gasteiger partial charge in [0.05, 0.1) is 32.4 Å². The highest BCUT2D eigenvalue weighted by molar-refractivity contribution is 7.88. The molecule has 0 radical (unpaired) electrons. The Morgan fingerprint density at radius 1 is 1.03 bits per heavy atom. The van der Waals surface area contributed by atoms with Gasteiger partial charge in [0.2, 0.25) is 15.9 Å². The summed E-state index contributed by atoms with van der Waals surface area (Å²) in [5.74, 6) is -0.0437. The Kier molecular flexibility index (Phi) is 8.37. The molecule has 0 aliphatic carbocycles. The van der Waals surface area contributed by atoms with E-state index in [1.54, 1.807) is 55.5 Å². The molecule has 0 spiro atoms. The van der Waals surface area contributed by atoms with Crippen molar-refractivity contribution in [2.75, 3.05) is 25.3 Å². The second kappa shape index (κ2) is 10.7. The lowest BCUT2D eigenvalue weighted by atomic mass is 10.0. The van der Waals surface area contributed by atoms with Crippen molar-refractivity contribution in [1.82, 2.24) is 4.72 Å². The first kappa shape index (κ1) is 23.4. The van der Waals surface area contributed by atoms with E-state index in [0.717, 1.165) is 11.8 Å². The minimum absolute atomic E-state index is 0.0933. The quantitative estimate of drug-likeness (QED) is 0.556. The zero-order valence-electron chi connectivity index (χ0n) is 17.2. The van der Waals surface area contributed by atoms with Crippen LogP contribution in [-0.4, -0.2) is 40.3 Å². The Hall–Kier alpha value is -2.91. The first-order chi connectivity index (χ1) is 14.2. The van der Waals surface area contributed by atoms with Gasteiger partial charge in [-0.1, -0.05) is 24.3 Å². The molecule has 2 aromatic carbocycles. The number of amides is 1. The van der Waals surface area contributed by atoms with Crippen LogP contribution in [0.5, 0.6) is 5.75 Å². The summed E-state index contributed by atoms with van der Waals surface area (Å²) < 4.78 is 36.0. The first-order valence-electron chi connectivity index (χ1n) is 9.36. The number of esters is 1. The smallest absolute Gasteiger partial charge is 0.310 e. The largest absolute Gasteiger partial charge is 0.497 e. The fraction of sp³-hybridized carbons (Fsp3) is 0.333. The SMILES string of the molecule is CCOC(=O)Cc1ccc(NC(=O)C[C@H](NS(C)(=O)=O)c2ccc(OC)cc2)cc1. The van der Waals surface area contributed by atoms with Gasteiger partial charge in [0.15, 0.2) is 0 Å². The van der Waals surface area contributed by atoms with Gasteiger partial charge in [-0.25, -0.2) is 13.1 Å². The molecule has 30 heavy (non-hydrogen) atoms. The molecule has 0 bridgehead atoms. The van der Waals surface area contributed by atoms with Crippen molar-refractivity contribution >= 4 is 27.6 Å². The third-order valence-corrected chi connectivity index (χ3v) is 4.87. The predicted octanol–water partition coefficient (Wildman–Crippen LogP) is 2.42. The summed E-state index contributed by atoms with van der Waals surface area (Å²) in [6.07, 6.45) is 1.10. The third-order valence-electron chi connectivity index (χ3n) is 4.16. The molecule has 2 N–H and O–H groups in total. The fourth-order valence-electron chi connectivity index (χ4n) is 2.80. The lowest BCUT2D eigenvalue weighted by Gasteiger charge is -2.18. The van der Waals surface area contributed by atoms with E-state index in [1.807, 2.05) is 0 Å². The number of methoxy groups -OCH3 is 1. The van der Waals surface area contributed by atoms with Crippen LogP contribution in [0.25, 0.3) is 0 Å². The average molecular weight is 435 g/mol. The minimum atomic E-state index is -3.53. The molecule has 9 heteroatoms. The average Bonchev–Trinajstić information content (AvgIpc) is 2.68. The molecule has 0 aromatic heterocycles. The maximum absolute atomic E-state index is 12.5. The molecule has 0 saturated carbocycles. The maximum atomic E-state index is 12.5. The van der Waals surface area contributed by atoms with E-state index in [4.69, 9.17) is 9.47 Å². The number of hydrogen-bond acceptors (Lipinski definition) is 6. The van der Waals surface area contributed by atoms with Crippen molar-refractivity contribution in [1.29, 1.82) is 0 Å². The number of sulfonamides is 1. The lowest BCUT2D eigenvalue weighted by molar-refractivity contribution is -0.142. The van der Waals surface area contributed by atoms with Gasteiger partial charge >= 0.3 is 5.97 Å². The molecule has 2 aromatic rings. The van der Waals surface area contributed by atoms with Crippen LogP contribution in [-0.2, 0) is 30.8 Å². The Balaban J connectivity index is 2.05. The number of rotatable bonds is 10. The Labute approximate surface area is 176 Å². The van der Waals surface area contributed by atoms with Gasteiger partial charge in [0.25, 0.3) is 0 Å². The van der Waals surface area contributed by atoms with Crippen molar-refractivity contribution in [3.05, 3.63) is 59.7 Å². The molecule has 0 fully saturated rings. The number of carbonyl (C=O) groups excluding carboxylic acids is 2. The summed E-state index contributed by atoms with van der Waals surface area (Å²) >= 11 is 0. The number of ether oxygens (including phenoxy) is 2. The topological polar surface area (TPSA) is 111 Å². The highest BCUT2D eigenvalue weighted by Crippen LogP contribution is 2.22. The lowest BCUT2D eigenvalue weighted by Crippen LogP contribution is -2.30. The highest BCUT2D eigenvalue weighted by atomic mass is 32.2. The summed E-state index contributed by atoms with van der Waals surface area (Å²) in [6.45, 7) is 2.07. The number of anilines is 1. The van der Waals surface area contributed by atoms with Crippen LogP contribution in [0.2, 0.25) is 0 Å². The van der Waals surface area contributed by atoms with E-state index >= 15 is 0 Å². The Bertz CT molecular complexity index is 956. The van der Waals surface area contributed by atoms with Gasteiger partial charge < -0.3 is 14.8 Å². The van der Waals surface area contributed by atoms with Crippen LogP contribution < -0.4 is 14.8 Å². The summed E-state index contributed by atoms with van der Waals surface area (Å²) in [5, 5.41) is 2.74. The number of carbonyl (C=O) groups is 2. The Morgan fingerprint density at radius 2 is 1.67 bits per heavy atom. The molecule has 1 atom stereocenters. The van der Waals surface area contributed by atoms with Crippen LogP contribution >= 0.6 is 0 Å².